The lowest BCUT2D eigenvalue weighted by Gasteiger charge is -2.17. The van der Waals surface area contributed by atoms with Gasteiger partial charge in [-0.3, -0.25) is 13.3 Å². The maximum absolute atomic E-state index is 11.3. The molecule has 0 aliphatic carbocycles. The van der Waals surface area contributed by atoms with Gasteiger partial charge in [-0.15, -0.1) is 0 Å². The van der Waals surface area contributed by atoms with E-state index in [0.717, 1.165) is 32.0 Å². The Morgan fingerprint density at radius 2 is 1.90 bits per heavy atom. The van der Waals surface area contributed by atoms with E-state index in [1.807, 2.05) is 70.1 Å². The normalized spacial score (nSPS) is 15.1. The number of ether oxygens (including phenoxy) is 1. The fourth-order valence-electron chi connectivity index (χ4n) is 4.37. The minimum absolute atomic E-state index is 0.0325. The Morgan fingerprint density at radius 1 is 1.10 bits per heavy atom. The number of benzene rings is 3. The van der Waals surface area contributed by atoms with Crippen molar-refractivity contribution in [1.29, 1.82) is 0 Å². The molecule has 0 bridgehead atoms. The van der Waals surface area contributed by atoms with Crippen LogP contribution in [0.3, 0.4) is 0 Å². The molecular formula is C26H24ClN2O7S3+. The van der Waals surface area contributed by atoms with Gasteiger partial charge in [0.05, 0.1) is 30.7 Å². The first-order valence-electron chi connectivity index (χ1n) is 11.9. The third-order valence-electron chi connectivity index (χ3n) is 6.06. The van der Waals surface area contributed by atoms with Gasteiger partial charge in [0.15, 0.2) is 12.3 Å². The minimum Gasteiger partial charge on any atom is -0.438 e. The second-order valence-electron chi connectivity index (χ2n) is 8.67. The number of thiazole rings is 1. The average molecular weight is 608 g/mol. The molecule has 0 fully saturated rings. The number of rotatable bonds is 10. The maximum Gasteiger partial charge on any atom is 0.301 e. The summed E-state index contributed by atoms with van der Waals surface area (Å²) in [4.78, 5) is 1.87. The van der Waals surface area contributed by atoms with Crippen LogP contribution in [0.1, 0.15) is 11.4 Å². The third kappa shape index (κ3) is 6.67. The summed E-state index contributed by atoms with van der Waals surface area (Å²) in [6, 6.07) is 21.2. The van der Waals surface area contributed by atoms with Gasteiger partial charge in [-0.05, 0) is 35.4 Å². The Labute approximate surface area is 237 Å². The fourth-order valence-corrected chi connectivity index (χ4v) is 6.34. The molecule has 1 aliphatic heterocycles. The molecule has 4 aromatic rings. The monoisotopic (exact) mass is 607 g/mol. The second-order valence-corrected chi connectivity index (χ2v) is 12.4. The lowest BCUT2D eigenvalue weighted by Crippen LogP contribution is -2.36. The highest BCUT2D eigenvalue weighted by molar-refractivity contribution is 7.85. The molecule has 0 spiro atoms. The lowest BCUT2D eigenvalue weighted by molar-refractivity contribution is -0.668. The van der Waals surface area contributed by atoms with E-state index in [2.05, 4.69) is 0 Å². The average Bonchev–Trinajstić information content (AvgIpc) is 3.40. The van der Waals surface area contributed by atoms with Gasteiger partial charge in [0.2, 0.25) is 11.4 Å². The van der Waals surface area contributed by atoms with Gasteiger partial charge < -0.3 is 9.64 Å². The van der Waals surface area contributed by atoms with Crippen LogP contribution in [-0.4, -0.2) is 40.6 Å². The van der Waals surface area contributed by atoms with E-state index in [9.17, 15) is 17.2 Å². The molecule has 39 heavy (non-hydrogen) atoms. The summed E-state index contributed by atoms with van der Waals surface area (Å²) in [5.74, 6) is 0.719. The minimum atomic E-state index is -4.11. The van der Waals surface area contributed by atoms with Crippen LogP contribution < -0.4 is 14.2 Å². The van der Waals surface area contributed by atoms with Crippen molar-refractivity contribution < 1.29 is 35.2 Å². The molecule has 3 aromatic carbocycles. The van der Waals surface area contributed by atoms with Crippen molar-refractivity contribution in [3.63, 3.8) is 0 Å². The van der Waals surface area contributed by atoms with Gasteiger partial charge in [-0.25, -0.2) is 0 Å². The number of aromatic nitrogens is 1. The zero-order chi connectivity index (χ0) is 27.6. The van der Waals surface area contributed by atoms with E-state index in [1.165, 1.54) is 11.3 Å². The Balaban J connectivity index is 1.54. The first-order valence-corrected chi connectivity index (χ1v) is 15.7. The molecule has 0 saturated carbocycles. The van der Waals surface area contributed by atoms with E-state index in [-0.39, 0.29) is 25.3 Å². The topological polar surface area (TPSA) is 117 Å². The van der Waals surface area contributed by atoms with E-state index < -0.39 is 21.5 Å². The molecule has 5 rings (SSSR count). The van der Waals surface area contributed by atoms with Crippen molar-refractivity contribution in [3.8, 4) is 16.9 Å². The van der Waals surface area contributed by atoms with Crippen LogP contribution in [0.5, 0.6) is 5.75 Å². The highest BCUT2D eigenvalue weighted by Gasteiger charge is 2.30. The smallest absolute Gasteiger partial charge is 0.301 e. The predicted octanol–water partition coefficient (Wildman–Crippen LogP) is 5.14. The summed E-state index contributed by atoms with van der Waals surface area (Å²) >= 11 is 5.33. The van der Waals surface area contributed by atoms with Crippen LogP contribution in [0.2, 0.25) is 5.02 Å². The fraction of sp³-hybridized carbons (Fsp3) is 0.192. The summed E-state index contributed by atoms with van der Waals surface area (Å²) in [5, 5.41) is 1.31. The Kier molecular flexibility index (Phi) is 8.33. The predicted molar refractivity (Wildman–Crippen MR) is 153 cm³/mol. The van der Waals surface area contributed by atoms with Crippen molar-refractivity contribution in [2.75, 3.05) is 23.8 Å². The third-order valence-corrected chi connectivity index (χ3v) is 8.58. The van der Waals surface area contributed by atoms with Crippen LogP contribution >= 0.6 is 22.9 Å². The molecule has 1 atom stereocenters. The number of halogens is 1. The number of hydrogen-bond donors (Lipinski definition) is 2. The van der Waals surface area contributed by atoms with Crippen LogP contribution in [0.15, 0.2) is 72.6 Å². The van der Waals surface area contributed by atoms with Crippen molar-refractivity contribution >= 4 is 66.4 Å². The van der Waals surface area contributed by atoms with Gasteiger partial charge in [0.25, 0.3) is 15.1 Å². The quantitative estimate of drug-likeness (QED) is 0.145. The molecule has 204 valence electrons. The van der Waals surface area contributed by atoms with Crippen molar-refractivity contribution in [1.82, 2.24) is 0 Å². The first-order chi connectivity index (χ1) is 18.7. The van der Waals surface area contributed by atoms with Crippen LogP contribution in [0, 0.1) is 0 Å². The number of aryl methyl sites for hydroxylation is 1. The van der Waals surface area contributed by atoms with E-state index >= 15 is 0 Å². The molecule has 9 nitrogen and oxygen atoms in total. The zero-order valence-corrected chi connectivity index (χ0v) is 23.6. The van der Waals surface area contributed by atoms with Gasteiger partial charge in [0, 0.05) is 17.5 Å². The zero-order valence-electron chi connectivity index (χ0n) is 20.4. The number of nitrogens with zero attached hydrogens (tertiary/aromatic N) is 2. The highest BCUT2D eigenvalue weighted by atomic mass is 35.5. The number of anilines is 1. The number of hydrogen-bond acceptors (Lipinski definition) is 7. The van der Waals surface area contributed by atoms with Crippen LogP contribution in [-0.2, 0) is 32.2 Å². The first kappa shape index (κ1) is 27.7. The van der Waals surface area contributed by atoms with Crippen LogP contribution in [0.4, 0.5) is 5.69 Å². The van der Waals surface area contributed by atoms with E-state index in [0.29, 0.717) is 23.2 Å². The standard InChI is InChI=1S/C26H23ClN2O7S3/c27-20-8-10-24-22(16-20)29(11-4-14-39(32,33)34)26(37-24)17-25-28(12-13-35-38(30)31)21-15-19(7-9-23(21)36-25)18-5-2-1-3-6-18/h1-3,5-10,15-17H,4,11-14H2,(H-,30,31,32,33,34)/p+1. The van der Waals surface area contributed by atoms with Gasteiger partial charge >= 0.3 is 11.4 Å². The largest absolute Gasteiger partial charge is 0.438 e. The molecule has 0 radical (unpaired) electrons. The van der Waals surface area contributed by atoms with Gasteiger partial charge in [-0.2, -0.15) is 17.2 Å². The molecule has 0 saturated heterocycles. The molecule has 1 aromatic heterocycles. The van der Waals surface area contributed by atoms with Crippen molar-refractivity contribution in [2.24, 2.45) is 0 Å². The van der Waals surface area contributed by atoms with Crippen molar-refractivity contribution in [2.45, 2.75) is 13.0 Å². The molecule has 0 amide bonds. The number of fused-ring (bicyclic) bond motifs is 2. The highest BCUT2D eigenvalue weighted by Crippen LogP contribution is 2.42. The van der Waals surface area contributed by atoms with Crippen molar-refractivity contribution in [3.05, 3.63) is 82.6 Å². The maximum atomic E-state index is 11.3. The lowest BCUT2D eigenvalue weighted by atomic mass is 10.0. The van der Waals surface area contributed by atoms with Gasteiger partial charge in [0.1, 0.15) is 4.70 Å². The Morgan fingerprint density at radius 3 is 2.64 bits per heavy atom. The molecule has 2 heterocycles. The SMILES string of the molecule is O=S(O)OCCN1C(=Cc2sc3ccc(Cl)cc3[n+]2CCCS(=O)(=O)O)Oc2ccc(-c3ccccc3)cc21. The van der Waals surface area contributed by atoms with Crippen LogP contribution in [0.25, 0.3) is 27.4 Å². The molecule has 1 aliphatic rings. The molecule has 13 heteroatoms. The molecular weight excluding hydrogens is 584 g/mol. The van der Waals surface area contributed by atoms with E-state index in [4.69, 9.17) is 25.1 Å². The Bertz CT molecular complexity index is 1670. The molecule has 1 unspecified atom stereocenters. The summed E-state index contributed by atoms with van der Waals surface area (Å²) in [7, 11) is -4.11. The summed E-state index contributed by atoms with van der Waals surface area (Å²) in [6.45, 7) is 0.523. The molecule has 2 N–H and O–H groups in total. The van der Waals surface area contributed by atoms with E-state index in [1.54, 1.807) is 12.1 Å². The summed E-state index contributed by atoms with van der Waals surface area (Å²) in [6.07, 6.45) is 2.03. The summed E-state index contributed by atoms with van der Waals surface area (Å²) in [5.41, 5.74) is 3.61. The Hall–Kier alpha value is -2.84. The second kappa shape index (κ2) is 11.7. The summed E-state index contributed by atoms with van der Waals surface area (Å²) < 4.78 is 66.1. The van der Waals surface area contributed by atoms with Gasteiger partial charge in [-0.1, -0.05) is 59.3 Å².